The summed E-state index contributed by atoms with van der Waals surface area (Å²) >= 11 is 2.24. The third kappa shape index (κ3) is 3.00. The topological polar surface area (TPSA) is 57.4 Å². The van der Waals surface area contributed by atoms with E-state index in [-0.39, 0.29) is 0 Å². The summed E-state index contributed by atoms with van der Waals surface area (Å²) in [5, 5.41) is 0. The van der Waals surface area contributed by atoms with Crippen molar-refractivity contribution in [3.05, 3.63) is 40.0 Å². The van der Waals surface area contributed by atoms with Crippen LogP contribution in [0, 0.1) is 3.57 Å². The maximum absolute atomic E-state index is 5.67. The Balaban J connectivity index is 2.21. The lowest BCUT2D eigenvalue weighted by Crippen LogP contribution is -1.96. The number of nitrogen functional groups attached to an aromatic ring is 1. The van der Waals surface area contributed by atoms with Gasteiger partial charge in [-0.3, -0.25) is 0 Å². The molecule has 0 radical (unpaired) electrons. The second kappa shape index (κ2) is 5.22. The molecule has 2 N–H and O–H groups in total. The molecule has 1 heterocycles. The van der Waals surface area contributed by atoms with Gasteiger partial charge in [0.2, 0.25) is 11.8 Å². The first-order chi connectivity index (χ1) is 8.19. The Labute approximate surface area is 113 Å². The third-order valence-electron chi connectivity index (χ3n) is 2.09. The molecule has 0 bridgehead atoms. The van der Waals surface area contributed by atoms with Crippen molar-refractivity contribution in [3.8, 4) is 17.5 Å². The molecule has 0 atom stereocenters. The van der Waals surface area contributed by atoms with Gasteiger partial charge in [0.1, 0.15) is 5.75 Å². The summed E-state index contributed by atoms with van der Waals surface area (Å²) in [6.45, 7) is 0. The maximum atomic E-state index is 5.67. The standard InChI is InChI=1S/C12H11IN2O2/c1-16-12-10(14)6-7-11(15-12)17-9-4-2-8(13)3-5-9/h2-7H,14H2,1H3. The van der Waals surface area contributed by atoms with Crippen LogP contribution in [0.25, 0.3) is 0 Å². The van der Waals surface area contributed by atoms with Gasteiger partial charge in [0.05, 0.1) is 12.8 Å². The van der Waals surface area contributed by atoms with Crippen molar-refractivity contribution < 1.29 is 9.47 Å². The van der Waals surface area contributed by atoms with Gasteiger partial charge in [-0.1, -0.05) is 0 Å². The van der Waals surface area contributed by atoms with Crippen LogP contribution >= 0.6 is 22.6 Å². The summed E-state index contributed by atoms with van der Waals surface area (Å²) in [7, 11) is 1.52. The van der Waals surface area contributed by atoms with Crippen molar-refractivity contribution in [2.24, 2.45) is 0 Å². The highest BCUT2D eigenvalue weighted by atomic mass is 127. The van der Waals surface area contributed by atoms with E-state index in [0.717, 1.165) is 9.32 Å². The Kier molecular flexibility index (Phi) is 3.68. The van der Waals surface area contributed by atoms with Crippen LogP contribution in [0.2, 0.25) is 0 Å². The Bertz CT molecular complexity index is 514. The highest BCUT2D eigenvalue weighted by Crippen LogP contribution is 2.25. The molecule has 0 aliphatic heterocycles. The lowest BCUT2D eigenvalue weighted by Gasteiger charge is -2.07. The van der Waals surface area contributed by atoms with Crippen LogP contribution in [0.3, 0.4) is 0 Å². The van der Waals surface area contributed by atoms with Crippen molar-refractivity contribution in [2.45, 2.75) is 0 Å². The molecule has 2 rings (SSSR count). The van der Waals surface area contributed by atoms with E-state index in [1.54, 1.807) is 12.1 Å². The molecule has 0 spiro atoms. The maximum Gasteiger partial charge on any atom is 0.240 e. The van der Waals surface area contributed by atoms with Gasteiger partial charge in [-0.05, 0) is 52.9 Å². The number of anilines is 1. The molecule has 0 aliphatic carbocycles. The number of methoxy groups -OCH3 is 1. The number of nitrogens with zero attached hydrogens (tertiary/aromatic N) is 1. The Morgan fingerprint density at radius 3 is 2.47 bits per heavy atom. The van der Waals surface area contributed by atoms with Crippen molar-refractivity contribution in [2.75, 3.05) is 12.8 Å². The van der Waals surface area contributed by atoms with Crippen LogP contribution in [0.15, 0.2) is 36.4 Å². The largest absolute Gasteiger partial charge is 0.479 e. The van der Waals surface area contributed by atoms with Crippen molar-refractivity contribution in [1.82, 2.24) is 4.98 Å². The van der Waals surface area contributed by atoms with E-state index in [2.05, 4.69) is 27.6 Å². The van der Waals surface area contributed by atoms with Gasteiger partial charge in [-0.2, -0.15) is 4.98 Å². The molecule has 1 aromatic heterocycles. The zero-order valence-corrected chi connectivity index (χ0v) is 11.3. The molecule has 88 valence electrons. The SMILES string of the molecule is COc1nc(Oc2ccc(I)cc2)ccc1N. The molecule has 2 aromatic rings. The highest BCUT2D eigenvalue weighted by Gasteiger charge is 2.04. The molecule has 4 nitrogen and oxygen atoms in total. The molecular weight excluding hydrogens is 331 g/mol. The normalized spacial score (nSPS) is 10.0. The number of ether oxygens (including phenoxy) is 2. The van der Waals surface area contributed by atoms with Crippen molar-refractivity contribution in [1.29, 1.82) is 0 Å². The molecule has 17 heavy (non-hydrogen) atoms. The first-order valence-corrected chi connectivity index (χ1v) is 6.01. The number of pyridine rings is 1. The fourth-order valence-corrected chi connectivity index (χ4v) is 1.64. The van der Waals surface area contributed by atoms with Crippen LogP contribution in [0.5, 0.6) is 17.5 Å². The predicted octanol–water partition coefficient (Wildman–Crippen LogP) is 3.07. The molecule has 0 amide bonds. The van der Waals surface area contributed by atoms with Crippen molar-refractivity contribution in [3.63, 3.8) is 0 Å². The minimum absolute atomic E-state index is 0.369. The first-order valence-electron chi connectivity index (χ1n) is 4.93. The molecule has 5 heteroatoms. The zero-order chi connectivity index (χ0) is 12.3. The molecule has 1 aromatic carbocycles. The molecule has 0 aliphatic rings. The van der Waals surface area contributed by atoms with E-state index in [0.29, 0.717) is 17.4 Å². The van der Waals surface area contributed by atoms with Crippen LogP contribution in [0.1, 0.15) is 0 Å². The first kappa shape index (κ1) is 12.0. The molecule has 0 saturated heterocycles. The average Bonchev–Trinajstić information content (AvgIpc) is 2.34. The van der Waals surface area contributed by atoms with E-state index in [1.165, 1.54) is 7.11 Å². The summed E-state index contributed by atoms with van der Waals surface area (Å²) < 4.78 is 11.8. The minimum Gasteiger partial charge on any atom is -0.479 e. The Hall–Kier alpha value is -1.50. The fourth-order valence-electron chi connectivity index (χ4n) is 1.28. The van der Waals surface area contributed by atoms with E-state index >= 15 is 0 Å². The lowest BCUT2D eigenvalue weighted by atomic mass is 10.3. The summed E-state index contributed by atoms with van der Waals surface area (Å²) in [4.78, 5) is 4.14. The Morgan fingerprint density at radius 2 is 1.82 bits per heavy atom. The predicted molar refractivity (Wildman–Crippen MR) is 74.4 cm³/mol. The van der Waals surface area contributed by atoms with Crippen LogP contribution < -0.4 is 15.2 Å². The minimum atomic E-state index is 0.369. The van der Waals surface area contributed by atoms with Crippen LogP contribution in [0.4, 0.5) is 5.69 Å². The van der Waals surface area contributed by atoms with Gasteiger partial charge in [0.25, 0.3) is 0 Å². The third-order valence-corrected chi connectivity index (χ3v) is 2.81. The summed E-state index contributed by atoms with van der Waals surface area (Å²) in [6, 6.07) is 11.1. The zero-order valence-electron chi connectivity index (χ0n) is 9.18. The molecule has 0 saturated carbocycles. The Morgan fingerprint density at radius 1 is 1.12 bits per heavy atom. The van der Waals surface area contributed by atoms with Gasteiger partial charge in [-0.25, -0.2) is 0 Å². The summed E-state index contributed by atoms with van der Waals surface area (Å²) in [5.41, 5.74) is 6.16. The number of aromatic nitrogens is 1. The van der Waals surface area contributed by atoms with E-state index in [4.69, 9.17) is 15.2 Å². The molecule has 0 fully saturated rings. The van der Waals surface area contributed by atoms with E-state index < -0.39 is 0 Å². The molecular formula is C12H11IN2O2. The number of rotatable bonds is 3. The second-order valence-electron chi connectivity index (χ2n) is 3.30. The smallest absolute Gasteiger partial charge is 0.240 e. The quantitative estimate of drug-likeness (QED) is 0.871. The van der Waals surface area contributed by atoms with Gasteiger partial charge in [-0.15, -0.1) is 0 Å². The summed E-state index contributed by atoms with van der Waals surface area (Å²) in [6.07, 6.45) is 0. The van der Waals surface area contributed by atoms with E-state index in [9.17, 15) is 0 Å². The van der Waals surface area contributed by atoms with Crippen molar-refractivity contribution >= 4 is 28.3 Å². The number of benzene rings is 1. The fraction of sp³-hybridized carbons (Fsp3) is 0.0833. The average molecular weight is 342 g/mol. The summed E-state index contributed by atoms with van der Waals surface area (Å²) in [5.74, 6) is 1.55. The van der Waals surface area contributed by atoms with Gasteiger partial charge >= 0.3 is 0 Å². The van der Waals surface area contributed by atoms with Gasteiger partial charge in [0.15, 0.2) is 0 Å². The molecule has 0 unspecified atom stereocenters. The monoisotopic (exact) mass is 342 g/mol. The van der Waals surface area contributed by atoms with Crippen LogP contribution in [-0.2, 0) is 0 Å². The number of nitrogens with two attached hydrogens (primary N) is 1. The van der Waals surface area contributed by atoms with E-state index in [1.807, 2.05) is 24.3 Å². The number of halogens is 1. The number of hydrogen-bond donors (Lipinski definition) is 1. The lowest BCUT2D eigenvalue weighted by molar-refractivity contribution is 0.385. The number of hydrogen-bond acceptors (Lipinski definition) is 4. The van der Waals surface area contributed by atoms with Gasteiger partial charge < -0.3 is 15.2 Å². The highest BCUT2D eigenvalue weighted by molar-refractivity contribution is 14.1. The second-order valence-corrected chi connectivity index (χ2v) is 4.55. The van der Waals surface area contributed by atoms with Crippen LogP contribution in [-0.4, -0.2) is 12.1 Å². The van der Waals surface area contributed by atoms with Gasteiger partial charge in [0, 0.05) is 9.64 Å².